The minimum Gasteiger partial charge on any atom is -0.385 e. The van der Waals surface area contributed by atoms with Gasteiger partial charge in [0.1, 0.15) is 18.2 Å². The van der Waals surface area contributed by atoms with E-state index < -0.39 is 0 Å². The fourth-order valence-corrected chi connectivity index (χ4v) is 1.91. The highest BCUT2D eigenvalue weighted by atomic mass is 16.5. The molecule has 7 heteroatoms. The predicted molar refractivity (Wildman–Crippen MR) is 82.9 cm³/mol. The van der Waals surface area contributed by atoms with Crippen LogP contribution >= 0.6 is 0 Å². The summed E-state index contributed by atoms with van der Waals surface area (Å²) >= 11 is 0. The van der Waals surface area contributed by atoms with E-state index >= 15 is 0 Å². The third-order valence-electron chi connectivity index (χ3n) is 2.95. The van der Waals surface area contributed by atoms with Gasteiger partial charge >= 0.3 is 0 Å². The minimum atomic E-state index is 0.388. The first-order chi connectivity index (χ1) is 10.2. The van der Waals surface area contributed by atoms with Crippen LogP contribution in [0.25, 0.3) is 0 Å². The van der Waals surface area contributed by atoms with Crippen molar-refractivity contribution in [3.8, 4) is 0 Å². The van der Waals surface area contributed by atoms with Crippen molar-refractivity contribution in [2.45, 2.75) is 13.0 Å². The van der Waals surface area contributed by atoms with Crippen molar-refractivity contribution in [2.24, 2.45) is 0 Å². The van der Waals surface area contributed by atoms with Crippen molar-refractivity contribution >= 4 is 11.6 Å². The normalized spacial score (nSPS) is 10.7. The van der Waals surface area contributed by atoms with E-state index in [0.717, 1.165) is 37.8 Å². The highest BCUT2D eigenvalue weighted by Gasteiger charge is 2.11. The second-order valence-corrected chi connectivity index (χ2v) is 4.54. The maximum Gasteiger partial charge on any atom is 0.158 e. The Hall–Kier alpha value is -1.44. The molecule has 7 nitrogen and oxygen atoms in total. The van der Waals surface area contributed by atoms with E-state index in [4.69, 9.17) is 14.2 Å². The summed E-state index contributed by atoms with van der Waals surface area (Å²) in [5, 5.41) is 3.06. The molecule has 0 atom stereocenters. The molecule has 0 radical (unpaired) electrons. The minimum absolute atomic E-state index is 0.388. The Bertz CT molecular complexity index is 404. The Balaban J connectivity index is 2.89. The fourth-order valence-electron chi connectivity index (χ4n) is 1.91. The van der Waals surface area contributed by atoms with Crippen molar-refractivity contribution in [3.63, 3.8) is 0 Å². The van der Waals surface area contributed by atoms with Gasteiger partial charge in [-0.25, -0.2) is 9.97 Å². The highest BCUT2D eigenvalue weighted by Crippen LogP contribution is 2.16. The number of nitrogens with zero attached hydrogens (tertiary/aromatic N) is 3. The Kier molecular flexibility index (Phi) is 8.65. The molecule has 0 fully saturated rings. The third-order valence-corrected chi connectivity index (χ3v) is 2.95. The van der Waals surface area contributed by atoms with Gasteiger partial charge in [0, 0.05) is 54.1 Å². The van der Waals surface area contributed by atoms with Crippen LogP contribution in [-0.2, 0) is 20.8 Å². The summed E-state index contributed by atoms with van der Waals surface area (Å²) in [6.45, 7) is 3.37. The summed E-state index contributed by atoms with van der Waals surface area (Å²) < 4.78 is 15.4. The van der Waals surface area contributed by atoms with Crippen LogP contribution in [0.15, 0.2) is 6.07 Å². The largest absolute Gasteiger partial charge is 0.385 e. The molecule has 1 aromatic rings. The summed E-state index contributed by atoms with van der Waals surface area (Å²) in [5.41, 5.74) is 0. The number of nitrogens with one attached hydrogen (secondary N) is 1. The average Bonchev–Trinajstić information content (AvgIpc) is 2.50. The second kappa shape index (κ2) is 10.3. The summed E-state index contributed by atoms with van der Waals surface area (Å²) in [4.78, 5) is 11.1. The van der Waals surface area contributed by atoms with Crippen molar-refractivity contribution < 1.29 is 14.2 Å². The van der Waals surface area contributed by atoms with Crippen LogP contribution in [0.3, 0.4) is 0 Å². The van der Waals surface area contributed by atoms with E-state index in [1.165, 1.54) is 0 Å². The van der Waals surface area contributed by atoms with Crippen molar-refractivity contribution in [1.82, 2.24) is 9.97 Å². The lowest BCUT2D eigenvalue weighted by Crippen LogP contribution is -2.30. The smallest absolute Gasteiger partial charge is 0.158 e. The summed E-state index contributed by atoms with van der Waals surface area (Å²) in [6, 6.07) is 1.93. The first-order valence-electron chi connectivity index (χ1n) is 7.02. The van der Waals surface area contributed by atoms with Crippen LogP contribution in [0.2, 0.25) is 0 Å². The maximum atomic E-state index is 5.18. The maximum absolute atomic E-state index is 5.18. The van der Waals surface area contributed by atoms with Gasteiger partial charge in [0.05, 0.1) is 6.61 Å². The third kappa shape index (κ3) is 6.24. The monoisotopic (exact) mass is 298 g/mol. The molecule has 0 aliphatic rings. The molecule has 0 spiro atoms. The summed E-state index contributed by atoms with van der Waals surface area (Å²) in [7, 11) is 6.88. The topological polar surface area (TPSA) is 68.7 Å². The van der Waals surface area contributed by atoms with Crippen LogP contribution in [0.1, 0.15) is 12.2 Å². The van der Waals surface area contributed by atoms with E-state index in [1.54, 1.807) is 21.3 Å². The van der Waals surface area contributed by atoms with Gasteiger partial charge in [0.25, 0.3) is 0 Å². The molecule has 1 aromatic heterocycles. The van der Waals surface area contributed by atoms with Crippen LogP contribution in [0.5, 0.6) is 0 Å². The molecule has 120 valence electrons. The number of anilines is 2. The van der Waals surface area contributed by atoms with Crippen LogP contribution in [-0.4, -0.2) is 64.6 Å². The molecular weight excluding hydrogens is 272 g/mol. The van der Waals surface area contributed by atoms with Gasteiger partial charge in [0.2, 0.25) is 0 Å². The second-order valence-electron chi connectivity index (χ2n) is 4.54. The zero-order chi connectivity index (χ0) is 15.5. The number of hydrogen-bond donors (Lipinski definition) is 1. The van der Waals surface area contributed by atoms with Crippen LogP contribution in [0.4, 0.5) is 11.6 Å². The Morgan fingerprint density at radius 1 is 1.05 bits per heavy atom. The molecule has 21 heavy (non-hydrogen) atoms. The molecular formula is C14H26N4O3. The number of hydrogen-bond acceptors (Lipinski definition) is 7. The molecule has 1 N–H and O–H groups in total. The standard InChI is InChI=1S/C14H26N4O3/c1-15-12-10-14(17-13(16-12)11-21-4)18(7-9-20-3)6-5-8-19-2/h10H,5-9,11H2,1-4H3,(H,15,16,17). The van der Waals surface area contributed by atoms with E-state index in [9.17, 15) is 0 Å². The van der Waals surface area contributed by atoms with Crippen molar-refractivity contribution in [1.29, 1.82) is 0 Å². The molecule has 0 aromatic carbocycles. The lowest BCUT2D eigenvalue weighted by atomic mass is 10.3. The first kappa shape index (κ1) is 17.6. The Labute approximate surface area is 126 Å². The molecule has 1 rings (SSSR count). The van der Waals surface area contributed by atoms with Gasteiger partial charge in [-0.1, -0.05) is 0 Å². The highest BCUT2D eigenvalue weighted by molar-refractivity contribution is 5.49. The fraction of sp³-hybridized carbons (Fsp3) is 0.714. The lowest BCUT2D eigenvalue weighted by Gasteiger charge is -2.24. The molecule has 0 aliphatic carbocycles. The zero-order valence-corrected chi connectivity index (χ0v) is 13.4. The van der Waals surface area contributed by atoms with Gasteiger partial charge in [-0.2, -0.15) is 0 Å². The lowest BCUT2D eigenvalue weighted by molar-refractivity contribution is 0.177. The van der Waals surface area contributed by atoms with Gasteiger partial charge in [-0.15, -0.1) is 0 Å². The van der Waals surface area contributed by atoms with Gasteiger partial charge in [0.15, 0.2) is 5.82 Å². The Morgan fingerprint density at radius 2 is 1.81 bits per heavy atom. The van der Waals surface area contributed by atoms with Gasteiger partial charge in [-0.3, -0.25) is 0 Å². The van der Waals surface area contributed by atoms with E-state index in [2.05, 4.69) is 20.2 Å². The van der Waals surface area contributed by atoms with E-state index in [1.807, 2.05) is 13.1 Å². The van der Waals surface area contributed by atoms with Crippen molar-refractivity contribution in [2.75, 3.05) is 64.9 Å². The average molecular weight is 298 g/mol. The van der Waals surface area contributed by atoms with Crippen molar-refractivity contribution in [3.05, 3.63) is 11.9 Å². The van der Waals surface area contributed by atoms with Crippen LogP contribution < -0.4 is 10.2 Å². The van der Waals surface area contributed by atoms with Gasteiger partial charge < -0.3 is 24.4 Å². The van der Waals surface area contributed by atoms with Gasteiger partial charge in [-0.05, 0) is 6.42 Å². The predicted octanol–water partition coefficient (Wildman–Crippen LogP) is 1.15. The van der Waals surface area contributed by atoms with E-state index in [-0.39, 0.29) is 0 Å². The molecule has 0 amide bonds. The molecule has 0 bridgehead atoms. The summed E-state index contributed by atoms with van der Waals surface area (Å²) in [5.74, 6) is 2.31. The number of ether oxygens (including phenoxy) is 3. The number of methoxy groups -OCH3 is 3. The molecule has 0 unspecified atom stereocenters. The SMILES string of the molecule is CNc1cc(N(CCCOC)CCOC)nc(COC)n1. The Morgan fingerprint density at radius 3 is 2.43 bits per heavy atom. The molecule has 0 aliphatic heterocycles. The molecule has 0 saturated heterocycles. The molecule has 1 heterocycles. The number of rotatable bonds is 11. The molecule has 0 saturated carbocycles. The first-order valence-corrected chi connectivity index (χ1v) is 7.02. The quantitative estimate of drug-likeness (QED) is 0.615. The zero-order valence-electron chi connectivity index (χ0n) is 13.4. The van der Waals surface area contributed by atoms with Crippen LogP contribution in [0, 0.1) is 0 Å². The number of aromatic nitrogens is 2. The summed E-state index contributed by atoms with van der Waals surface area (Å²) in [6.07, 6.45) is 0.929. The van der Waals surface area contributed by atoms with E-state index in [0.29, 0.717) is 19.0 Å².